The fraction of sp³-hybridized carbons (Fsp3) is 0.118. The summed E-state index contributed by atoms with van der Waals surface area (Å²) >= 11 is 0. The summed E-state index contributed by atoms with van der Waals surface area (Å²) in [6, 6.07) is 14.0. The van der Waals surface area contributed by atoms with Crippen LogP contribution in [-0.4, -0.2) is 22.7 Å². The molecule has 0 saturated heterocycles. The van der Waals surface area contributed by atoms with Crippen LogP contribution < -0.4 is 10.3 Å². The average Bonchev–Trinajstić information content (AvgIpc) is 2.85. The van der Waals surface area contributed by atoms with Crippen molar-refractivity contribution in [3.63, 3.8) is 0 Å². The number of rotatable bonds is 1. The number of anilines is 1. The molecule has 114 valence electrons. The van der Waals surface area contributed by atoms with E-state index in [1.807, 2.05) is 6.07 Å². The van der Waals surface area contributed by atoms with Crippen molar-refractivity contribution in [2.45, 2.75) is 13.1 Å². The summed E-state index contributed by atoms with van der Waals surface area (Å²) < 4.78 is 0. The lowest BCUT2D eigenvalue weighted by atomic mass is 10.1. The van der Waals surface area contributed by atoms with Crippen LogP contribution in [0.3, 0.4) is 0 Å². The largest absolute Gasteiger partial charge is 0.280 e. The Morgan fingerprint density at radius 3 is 2.35 bits per heavy atom. The van der Waals surface area contributed by atoms with Gasteiger partial charge in [0.15, 0.2) is 6.17 Å². The summed E-state index contributed by atoms with van der Waals surface area (Å²) in [4.78, 5) is 38.7. The highest BCUT2D eigenvalue weighted by Crippen LogP contribution is 2.44. The van der Waals surface area contributed by atoms with Crippen molar-refractivity contribution in [3.05, 3.63) is 65.2 Å². The average molecular weight is 307 g/mol. The minimum Gasteiger partial charge on any atom is -0.280 e. The Kier molecular flexibility index (Phi) is 2.74. The molecule has 0 aromatic heterocycles. The zero-order valence-electron chi connectivity index (χ0n) is 12.3. The molecule has 2 heterocycles. The van der Waals surface area contributed by atoms with Gasteiger partial charge < -0.3 is 0 Å². The van der Waals surface area contributed by atoms with Crippen molar-refractivity contribution in [3.8, 4) is 0 Å². The Morgan fingerprint density at radius 2 is 1.61 bits per heavy atom. The summed E-state index contributed by atoms with van der Waals surface area (Å²) in [5.74, 6) is -0.878. The molecule has 0 radical (unpaired) electrons. The lowest BCUT2D eigenvalue weighted by Gasteiger charge is -2.40. The molecular formula is C17H13N3O3. The topological polar surface area (TPSA) is 69.7 Å². The van der Waals surface area contributed by atoms with Crippen molar-refractivity contribution in [1.29, 1.82) is 0 Å². The van der Waals surface area contributed by atoms with Crippen molar-refractivity contribution < 1.29 is 14.4 Å². The van der Waals surface area contributed by atoms with Crippen molar-refractivity contribution in [1.82, 2.24) is 10.4 Å². The Morgan fingerprint density at radius 1 is 0.957 bits per heavy atom. The molecule has 2 aliphatic rings. The number of hydrogen-bond acceptors (Lipinski definition) is 3. The fourth-order valence-corrected chi connectivity index (χ4v) is 3.18. The third-order valence-corrected chi connectivity index (χ3v) is 4.07. The molecule has 0 saturated carbocycles. The molecule has 2 aromatic carbocycles. The van der Waals surface area contributed by atoms with E-state index < -0.39 is 6.17 Å². The first kappa shape index (κ1) is 13.5. The van der Waals surface area contributed by atoms with Gasteiger partial charge in [-0.05, 0) is 18.2 Å². The number of hydrogen-bond donors (Lipinski definition) is 1. The van der Waals surface area contributed by atoms with Gasteiger partial charge in [0.25, 0.3) is 11.8 Å². The molecule has 3 amide bonds. The minimum atomic E-state index is -0.662. The molecule has 6 heteroatoms. The summed E-state index contributed by atoms with van der Waals surface area (Å²) in [5.41, 5.74) is 4.75. The van der Waals surface area contributed by atoms with Gasteiger partial charge >= 0.3 is 0 Å². The first-order valence-electron chi connectivity index (χ1n) is 7.22. The van der Waals surface area contributed by atoms with Gasteiger partial charge in [0, 0.05) is 18.1 Å². The number of carbonyl (C=O) groups excluding carboxylic acids is 3. The van der Waals surface area contributed by atoms with Gasteiger partial charge in [0.2, 0.25) is 5.91 Å². The highest BCUT2D eigenvalue weighted by Gasteiger charge is 2.48. The van der Waals surface area contributed by atoms with E-state index in [0.29, 0.717) is 22.4 Å². The van der Waals surface area contributed by atoms with Gasteiger partial charge in [0.05, 0.1) is 11.3 Å². The first-order chi connectivity index (χ1) is 11.1. The summed E-state index contributed by atoms with van der Waals surface area (Å²) in [6.07, 6.45) is -0.662. The van der Waals surface area contributed by atoms with Crippen LogP contribution in [0.2, 0.25) is 0 Å². The van der Waals surface area contributed by atoms with Gasteiger partial charge in [-0.1, -0.05) is 30.3 Å². The first-order valence-corrected chi connectivity index (χ1v) is 7.22. The number of nitrogens with zero attached hydrogens (tertiary/aromatic N) is 2. The molecule has 2 aromatic rings. The SMILES string of the molecule is CC(=O)NN1C(=O)c2ccccc2N2C(=O)c3ccccc3C12. The van der Waals surface area contributed by atoms with Crippen molar-refractivity contribution in [2.75, 3.05) is 4.90 Å². The molecule has 0 bridgehead atoms. The normalized spacial score (nSPS) is 18.4. The Hall–Kier alpha value is -3.15. The van der Waals surface area contributed by atoms with Gasteiger partial charge in [0.1, 0.15) is 0 Å². The summed E-state index contributed by atoms with van der Waals surface area (Å²) in [5, 5.41) is 1.23. The van der Waals surface area contributed by atoms with Crippen LogP contribution in [0.4, 0.5) is 5.69 Å². The van der Waals surface area contributed by atoms with Gasteiger partial charge in [-0.2, -0.15) is 0 Å². The van der Waals surface area contributed by atoms with Gasteiger partial charge in [-0.3, -0.25) is 24.7 Å². The number of para-hydroxylation sites is 1. The highest BCUT2D eigenvalue weighted by molar-refractivity contribution is 6.16. The van der Waals surface area contributed by atoms with E-state index in [2.05, 4.69) is 5.43 Å². The Bertz CT molecular complexity index is 862. The zero-order chi connectivity index (χ0) is 16.1. The lowest BCUT2D eigenvalue weighted by Crippen LogP contribution is -2.55. The monoisotopic (exact) mass is 307 g/mol. The molecule has 0 fully saturated rings. The van der Waals surface area contributed by atoms with Gasteiger partial charge in [-0.25, -0.2) is 5.01 Å². The van der Waals surface area contributed by atoms with Crippen LogP contribution in [-0.2, 0) is 4.79 Å². The van der Waals surface area contributed by atoms with E-state index >= 15 is 0 Å². The minimum absolute atomic E-state index is 0.180. The predicted molar refractivity (Wildman–Crippen MR) is 82.4 cm³/mol. The molecule has 2 aliphatic heterocycles. The number of nitrogens with one attached hydrogen (secondary N) is 1. The van der Waals surface area contributed by atoms with Crippen LogP contribution in [0.25, 0.3) is 0 Å². The van der Waals surface area contributed by atoms with Crippen LogP contribution in [0.5, 0.6) is 0 Å². The van der Waals surface area contributed by atoms with Crippen molar-refractivity contribution >= 4 is 23.4 Å². The Balaban J connectivity index is 1.96. The summed E-state index contributed by atoms with van der Waals surface area (Å²) in [7, 11) is 0. The number of fused-ring (bicyclic) bond motifs is 5. The third-order valence-electron chi connectivity index (χ3n) is 4.07. The molecular weight excluding hydrogens is 294 g/mol. The van der Waals surface area contributed by atoms with Crippen LogP contribution >= 0.6 is 0 Å². The van der Waals surface area contributed by atoms with E-state index in [0.717, 1.165) is 0 Å². The second kappa shape index (κ2) is 4.67. The molecule has 1 N–H and O–H groups in total. The van der Waals surface area contributed by atoms with Crippen LogP contribution in [0, 0.1) is 0 Å². The second-order valence-corrected chi connectivity index (χ2v) is 5.50. The standard InChI is InChI=1S/C17H13N3O3/c1-10(21)18-20-15-11-6-2-3-7-12(11)16(22)19(15)14-9-5-4-8-13(14)17(20)23/h2-9,15H,1H3,(H,18,21). The van der Waals surface area contributed by atoms with E-state index in [9.17, 15) is 14.4 Å². The second-order valence-electron chi connectivity index (χ2n) is 5.50. The number of hydrazine groups is 1. The maximum absolute atomic E-state index is 12.8. The van der Waals surface area contributed by atoms with Crippen LogP contribution in [0.1, 0.15) is 39.4 Å². The molecule has 0 spiro atoms. The maximum Gasteiger partial charge on any atom is 0.276 e. The maximum atomic E-state index is 12.8. The number of amides is 3. The molecule has 6 nitrogen and oxygen atoms in total. The molecule has 1 unspecified atom stereocenters. The van der Waals surface area contributed by atoms with Crippen molar-refractivity contribution in [2.24, 2.45) is 0 Å². The number of benzene rings is 2. The highest BCUT2D eigenvalue weighted by atomic mass is 16.2. The zero-order valence-corrected chi connectivity index (χ0v) is 12.3. The van der Waals surface area contributed by atoms with E-state index in [-0.39, 0.29) is 17.7 Å². The van der Waals surface area contributed by atoms with Crippen LogP contribution in [0.15, 0.2) is 48.5 Å². The fourth-order valence-electron chi connectivity index (χ4n) is 3.18. The lowest BCUT2D eigenvalue weighted by molar-refractivity contribution is -0.123. The quantitative estimate of drug-likeness (QED) is 0.874. The van der Waals surface area contributed by atoms with E-state index in [1.54, 1.807) is 47.4 Å². The van der Waals surface area contributed by atoms with E-state index in [1.165, 1.54) is 11.9 Å². The Labute approximate surface area is 132 Å². The van der Waals surface area contributed by atoms with E-state index in [4.69, 9.17) is 0 Å². The molecule has 0 aliphatic carbocycles. The predicted octanol–water partition coefficient (Wildman–Crippen LogP) is 1.85. The third kappa shape index (κ3) is 1.78. The molecule has 4 rings (SSSR count). The molecule has 1 atom stereocenters. The molecule has 23 heavy (non-hydrogen) atoms. The summed E-state index contributed by atoms with van der Waals surface area (Å²) in [6.45, 7) is 1.33. The van der Waals surface area contributed by atoms with Gasteiger partial charge in [-0.15, -0.1) is 0 Å². The number of carbonyl (C=O) groups is 3. The smallest absolute Gasteiger partial charge is 0.276 e.